The molecule has 0 unspecified atom stereocenters. The van der Waals surface area contributed by atoms with Gasteiger partial charge in [-0.05, 0) is 83.8 Å². The van der Waals surface area contributed by atoms with Crippen LogP contribution in [0.25, 0.3) is 0 Å². The second kappa shape index (κ2) is 17.4. The third kappa shape index (κ3) is 12.5. The van der Waals surface area contributed by atoms with Gasteiger partial charge in [-0.1, -0.05) is 58.9 Å². The van der Waals surface area contributed by atoms with E-state index in [1.807, 2.05) is 20.8 Å². The molecule has 0 spiro atoms. The lowest BCUT2D eigenvalue weighted by Crippen LogP contribution is -2.56. The molecule has 0 radical (unpaired) electrons. The van der Waals surface area contributed by atoms with Gasteiger partial charge < -0.3 is 36.4 Å². The number of hydrogen-bond donors (Lipinski definition) is 6. The van der Waals surface area contributed by atoms with E-state index in [1.54, 1.807) is 93.6 Å². The van der Waals surface area contributed by atoms with Crippen molar-refractivity contribution in [2.75, 3.05) is 18.5 Å². The van der Waals surface area contributed by atoms with Crippen molar-refractivity contribution in [1.29, 1.82) is 0 Å². The molecular weight excluding hydrogens is 690 g/mol. The fraction of sp³-hybridized carbons (Fsp3) is 0.415. The Morgan fingerprint density at radius 1 is 0.815 bits per heavy atom. The van der Waals surface area contributed by atoms with E-state index in [2.05, 4.69) is 26.6 Å². The van der Waals surface area contributed by atoms with Crippen molar-refractivity contribution in [3.05, 3.63) is 95.1 Å². The Kier molecular flexibility index (Phi) is 13.2. The van der Waals surface area contributed by atoms with Crippen molar-refractivity contribution in [3.63, 3.8) is 0 Å². The van der Waals surface area contributed by atoms with Gasteiger partial charge in [-0.15, -0.1) is 0 Å². The minimum Gasteiger partial charge on any atom is -0.492 e. The van der Waals surface area contributed by atoms with Crippen LogP contribution >= 0.6 is 0 Å². The zero-order valence-corrected chi connectivity index (χ0v) is 31.8. The van der Waals surface area contributed by atoms with E-state index in [1.165, 1.54) is 0 Å². The quantitative estimate of drug-likeness (QED) is 0.219. The number of aliphatic carboxylic acids is 1. The fourth-order valence-electron chi connectivity index (χ4n) is 6.40. The Morgan fingerprint density at radius 3 is 2.13 bits per heavy atom. The highest BCUT2D eigenvalue weighted by molar-refractivity contribution is 6.03. The zero-order chi connectivity index (χ0) is 39.7. The van der Waals surface area contributed by atoms with Gasteiger partial charge in [0.1, 0.15) is 23.9 Å². The summed E-state index contributed by atoms with van der Waals surface area (Å²) in [5.74, 6) is -2.73. The van der Waals surface area contributed by atoms with Crippen molar-refractivity contribution in [2.45, 2.75) is 85.4 Å². The maximum atomic E-state index is 13.8. The van der Waals surface area contributed by atoms with Crippen molar-refractivity contribution in [3.8, 4) is 5.75 Å². The van der Waals surface area contributed by atoms with Crippen LogP contribution in [0.15, 0.2) is 72.8 Å². The molecule has 7 rings (SSSR count). The van der Waals surface area contributed by atoms with Crippen LogP contribution in [-0.2, 0) is 32.1 Å². The van der Waals surface area contributed by atoms with E-state index >= 15 is 0 Å². The molecule has 4 aliphatic heterocycles. The molecule has 4 aliphatic rings. The summed E-state index contributed by atoms with van der Waals surface area (Å²) in [6.07, 6.45) is 0.231. The van der Waals surface area contributed by atoms with E-state index in [9.17, 15) is 33.9 Å². The molecule has 6 bridgehead atoms. The van der Waals surface area contributed by atoms with Crippen molar-refractivity contribution >= 4 is 41.2 Å². The van der Waals surface area contributed by atoms with Gasteiger partial charge in [-0.25, -0.2) is 4.79 Å². The number of carbonyl (C=O) groups is 6. The summed E-state index contributed by atoms with van der Waals surface area (Å²) in [6.45, 7) is 11.6. The van der Waals surface area contributed by atoms with Crippen LogP contribution < -0.4 is 31.3 Å². The first-order valence-electron chi connectivity index (χ1n) is 17.9. The predicted molar refractivity (Wildman–Crippen MR) is 204 cm³/mol. The molecule has 0 aliphatic carbocycles. The van der Waals surface area contributed by atoms with Crippen LogP contribution in [0.4, 0.5) is 5.69 Å². The summed E-state index contributed by atoms with van der Waals surface area (Å²) < 4.78 is 5.72. The van der Waals surface area contributed by atoms with Crippen LogP contribution in [0.1, 0.15) is 92.6 Å². The normalized spacial score (nSPS) is 20.9. The van der Waals surface area contributed by atoms with Gasteiger partial charge in [-0.3, -0.25) is 24.0 Å². The molecular formula is C41H51N5O8. The maximum absolute atomic E-state index is 13.8. The first-order chi connectivity index (χ1) is 25.3. The number of amides is 5. The van der Waals surface area contributed by atoms with Gasteiger partial charge in [0.15, 0.2) is 0 Å². The Bertz CT molecular complexity index is 1850. The summed E-state index contributed by atoms with van der Waals surface area (Å²) in [7, 11) is 0. The summed E-state index contributed by atoms with van der Waals surface area (Å²) >= 11 is 0. The smallest absolute Gasteiger partial charge is 0.326 e. The maximum Gasteiger partial charge on any atom is 0.326 e. The molecule has 13 nitrogen and oxygen atoms in total. The summed E-state index contributed by atoms with van der Waals surface area (Å²) in [6, 6.07) is 18.7. The molecule has 3 aromatic rings. The first-order valence-corrected chi connectivity index (χ1v) is 17.9. The SMILES string of the molecule is CC(C)(C)C[C@@]1(C)NC(=O)c2cccc(c2)CNC(=O)c2ccc(cc2)OCCNC(=O)CC(C)(C)CC(=O)N[C@H](C(=O)O)Cc2ccc(cc2)NC1=O. The molecule has 0 saturated carbocycles. The predicted octanol–water partition coefficient (Wildman–Crippen LogP) is 4.61. The van der Waals surface area contributed by atoms with Crippen LogP contribution in [0.5, 0.6) is 5.75 Å². The van der Waals surface area contributed by atoms with E-state index in [-0.39, 0.29) is 56.2 Å². The van der Waals surface area contributed by atoms with E-state index in [0.29, 0.717) is 40.1 Å². The number of benzene rings is 3. The molecule has 6 N–H and O–H groups in total. The lowest BCUT2D eigenvalue weighted by Gasteiger charge is -2.35. The number of carboxylic acids is 1. The lowest BCUT2D eigenvalue weighted by atomic mass is 9.80. The minimum atomic E-state index is -1.33. The highest BCUT2D eigenvalue weighted by atomic mass is 16.5. The van der Waals surface area contributed by atoms with Crippen molar-refractivity contribution in [2.24, 2.45) is 10.8 Å². The van der Waals surface area contributed by atoms with E-state index in [0.717, 1.165) is 0 Å². The van der Waals surface area contributed by atoms with Gasteiger partial charge in [0, 0.05) is 42.6 Å². The average Bonchev–Trinajstić information content (AvgIpc) is 3.08. The van der Waals surface area contributed by atoms with Gasteiger partial charge in [0.2, 0.25) is 17.7 Å². The second-order valence-electron chi connectivity index (χ2n) is 16.0. The van der Waals surface area contributed by atoms with Crippen molar-refractivity contribution in [1.82, 2.24) is 21.3 Å². The number of anilines is 1. The molecule has 0 aromatic heterocycles. The number of rotatable bonds is 2. The van der Waals surface area contributed by atoms with Gasteiger partial charge >= 0.3 is 5.97 Å². The number of nitrogens with one attached hydrogen (secondary N) is 5. The molecule has 4 heterocycles. The van der Waals surface area contributed by atoms with Crippen LogP contribution in [0.2, 0.25) is 0 Å². The Balaban J connectivity index is 1.58. The third-order valence-electron chi connectivity index (χ3n) is 8.79. The molecule has 0 fully saturated rings. The summed E-state index contributed by atoms with van der Waals surface area (Å²) in [5.41, 5.74) is -0.0112. The van der Waals surface area contributed by atoms with Crippen molar-refractivity contribution < 1.29 is 38.6 Å². The number of ether oxygens (including phenoxy) is 1. The number of carboxylic acid groups (broad SMARTS) is 1. The Morgan fingerprint density at radius 2 is 1.48 bits per heavy atom. The molecule has 2 atom stereocenters. The molecule has 54 heavy (non-hydrogen) atoms. The number of hydrogen-bond acceptors (Lipinski definition) is 7. The highest BCUT2D eigenvalue weighted by Gasteiger charge is 2.39. The summed E-state index contributed by atoms with van der Waals surface area (Å²) in [4.78, 5) is 78.2. The van der Waals surface area contributed by atoms with Crippen LogP contribution in [-0.4, -0.2) is 65.3 Å². The zero-order valence-electron chi connectivity index (χ0n) is 31.8. The van der Waals surface area contributed by atoms with Gasteiger partial charge in [-0.2, -0.15) is 0 Å². The Hall–Kier alpha value is -5.72. The summed E-state index contributed by atoms with van der Waals surface area (Å²) in [5, 5.41) is 23.9. The Labute approximate surface area is 316 Å². The van der Waals surface area contributed by atoms with Gasteiger partial charge in [0.05, 0.1) is 6.54 Å². The molecule has 0 saturated heterocycles. The van der Waals surface area contributed by atoms with E-state index in [4.69, 9.17) is 4.74 Å². The molecule has 3 aromatic carbocycles. The number of carbonyl (C=O) groups excluding carboxylic acids is 5. The monoisotopic (exact) mass is 741 g/mol. The third-order valence-corrected chi connectivity index (χ3v) is 8.79. The second-order valence-corrected chi connectivity index (χ2v) is 16.0. The van der Waals surface area contributed by atoms with Crippen LogP contribution in [0.3, 0.4) is 0 Å². The fourth-order valence-corrected chi connectivity index (χ4v) is 6.40. The minimum absolute atomic E-state index is 0.0144. The molecule has 5 amide bonds. The van der Waals surface area contributed by atoms with E-state index < -0.39 is 40.7 Å². The lowest BCUT2D eigenvalue weighted by molar-refractivity contribution is -0.142. The average molecular weight is 742 g/mol. The first kappa shape index (κ1) is 41.0. The van der Waals surface area contributed by atoms with Crippen LogP contribution in [0, 0.1) is 10.8 Å². The largest absolute Gasteiger partial charge is 0.492 e. The molecule has 288 valence electrons. The highest BCUT2D eigenvalue weighted by Crippen LogP contribution is 2.29. The molecule has 13 heteroatoms. The standard InChI is InChI=1S/C41H51N5O8/c1-39(2,3)25-41(6)38(53)44-30-14-10-26(11-15-30)21-32(37(51)52)45-34(48)23-40(4,5)22-33(47)42-18-19-54-31-16-12-28(13-17-31)35(49)43-24-27-8-7-9-29(20-27)36(50)46-41/h7-17,20,32H,18-19,21-25H2,1-6H3,(H,42,47)(H,43,49)(H,44,53)(H,45,48)(H,46,50)(H,51,52)/t32-,41+/m0/s1. The van der Waals surface area contributed by atoms with Gasteiger partial charge in [0.25, 0.3) is 11.8 Å². The topological polar surface area (TPSA) is 192 Å².